The zero-order chi connectivity index (χ0) is 14.7. The molecule has 0 aromatic heterocycles. The van der Waals surface area contributed by atoms with Crippen molar-refractivity contribution in [3.63, 3.8) is 0 Å². The predicted octanol–water partition coefficient (Wildman–Crippen LogP) is 1.84. The molecule has 1 atom stereocenters. The highest BCUT2D eigenvalue weighted by Gasteiger charge is 2.35. The van der Waals surface area contributed by atoms with Crippen LogP contribution < -0.4 is 5.32 Å². The summed E-state index contributed by atoms with van der Waals surface area (Å²) in [6.45, 7) is 1.20. The number of ether oxygens (including phenoxy) is 1. The number of amides is 2. The zero-order valence-corrected chi connectivity index (χ0v) is 11.7. The number of nitrogens with zero attached hydrogens (tertiary/aromatic N) is 1. The molecule has 1 aromatic rings. The van der Waals surface area contributed by atoms with Crippen LogP contribution in [-0.2, 0) is 16.0 Å². The lowest BCUT2D eigenvalue weighted by Gasteiger charge is -2.09. The number of imide groups is 1. The molecule has 5 heteroatoms. The summed E-state index contributed by atoms with van der Waals surface area (Å²) >= 11 is 0. The minimum absolute atomic E-state index is 0.265. The van der Waals surface area contributed by atoms with Gasteiger partial charge in [-0.05, 0) is 18.4 Å². The first-order chi connectivity index (χ1) is 10.2. The standard InChI is InChI=1S/C16H18N2O3/c19-15(10-13-7-4-8-17-13)18-11-14(21-16(18)20)9-12-5-2-1-3-6-12/h1-3,5-6,10,14,17H,4,7-9,11H2/b13-10-/t14-/m0/s1. The molecule has 21 heavy (non-hydrogen) atoms. The number of nitrogens with one attached hydrogen (secondary N) is 1. The molecule has 2 aliphatic heterocycles. The summed E-state index contributed by atoms with van der Waals surface area (Å²) in [5.74, 6) is -0.292. The van der Waals surface area contributed by atoms with Crippen LogP contribution in [0, 0.1) is 0 Å². The summed E-state index contributed by atoms with van der Waals surface area (Å²) in [6, 6.07) is 9.82. The number of carbonyl (C=O) groups excluding carboxylic acids is 2. The van der Waals surface area contributed by atoms with Crippen molar-refractivity contribution in [2.45, 2.75) is 25.4 Å². The van der Waals surface area contributed by atoms with Gasteiger partial charge >= 0.3 is 6.09 Å². The summed E-state index contributed by atoms with van der Waals surface area (Å²) in [7, 11) is 0. The maximum absolute atomic E-state index is 12.1. The number of allylic oxidation sites excluding steroid dienone is 1. The van der Waals surface area contributed by atoms with Gasteiger partial charge in [-0.1, -0.05) is 30.3 Å². The van der Waals surface area contributed by atoms with Gasteiger partial charge in [-0.2, -0.15) is 0 Å². The third kappa shape index (κ3) is 3.24. The zero-order valence-electron chi connectivity index (χ0n) is 11.7. The normalized spacial score (nSPS) is 23.2. The van der Waals surface area contributed by atoms with Crippen molar-refractivity contribution >= 4 is 12.0 Å². The lowest BCUT2D eigenvalue weighted by atomic mass is 10.1. The Morgan fingerprint density at radius 2 is 2.19 bits per heavy atom. The maximum atomic E-state index is 12.1. The average molecular weight is 286 g/mol. The molecule has 1 aromatic carbocycles. The van der Waals surface area contributed by atoms with Crippen molar-refractivity contribution in [2.24, 2.45) is 0 Å². The highest BCUT2D eigenvalue weighted by Crippen LogP contribution is 2.17. The van der Waals surface area contributed by atoms with E-state index in [1.165, 1.54) is 11.0 Å². The van der Waals surface area contributed by atoms with Gasteiger partial charge in [0.15, 0.2) is 0 Å². The molecule has 2 amide bonds. The van der Waals surface area contributed by atoms with E-state index in [2.05, 4.69) is 5.32 Å². The fourth-order valence-electron chi connectivity index (χ4n) is 2.65. The van der Waals surface area contributed by atoms with Crippen LogP contribution in [0.15, 0.2) is 42.1 Å². The van der Waals surface area contributed by atoms with Crippen LogP contribution >= 0.6 is 0 Å². The molecule has 1 N–H and O–H groups in total. The van der Waals surface area contributed by atoms with Gasteiger partial charge in [0.05, 0.1) is 6.54 Å². The fraction of sp³-hybridized carbons (Fsp3) is 0.375. The number of hydrogen-bond acceptors (Lipinski definition) is 4. The quantitative estimate of drug-likeness (QED) is 0.861. The second-order valence-electron chi connectivity index (χ2n) is 5.34. The number of hydrogen-bond donors (Lipinski definition) is 1. The molecule has 5 nitrogen and oxygen atoms in total. The second-order valence-corrected chi connectivity index (χ2v) is 5.34. The first-order valence-corrected chi connectivity index (χ1v) is 7.23. The molecule has 3 rings (SSSR count). The number of carbonyl (C=O) groups is 2. The van der Waals surface area contributed by atoms with E-state index >= 15 is 0 Å². The van der Waals surface area contributed by atoms with E-state index in [9.17, 15) is 9.59 Å². The average Bonchev–Trinajstić information content (AvgIpc) is 3.10. The van der Waals surface area contributed by atoms with Gasteiger partial charge in [-0.25, -0.2) is 9.69 Å². The summed E-state index contributed by atoms with van der Waals surface area (Å²) < 4.78 is 5.28. The van der Waals surface area contributed by atoms with E-state index in [1.54, 1.807) is 0 Å². The predicted molar refractivity (Wildman–Crippen MR) is 77.4 cm³/mol. The Balaban J connectivity index is 1.62. The van der Waals surface area contributed by atoms with Crippen molar-refractivity contribution in [1.29, 1.82) is 0 Å². The lowest BCUT2D eigenvalue weighted by molar-refractivity contribution is -0.122. The SMILES string of the molecule is O=C(/C=C1/CCCN1)N1C[C@H](Cc2ccccc2)OC1=O. The van der Waals surface area contributed by atoms with Crippen molar-refractivity contribution in [3.05, 3.63) is 47.7 Å². The molecule has 2 heterocycles. The van der Waals surface area contributed by atoms with Crippen molar-refractivity contribution in [3.8, 4) is 0 Å². The molecule has 0 aliphatic carbocycles. The van der Waals surface area contributed by atoms with Crippen molar-refractivity contribution in [2.75, 3.05) is 13.1 Å². The van der Waals surface area contributed by atoms with Crippen LogP contribution in [0.25, 0.3) is 0 Å². The monoisotopic (exact) mass is 286 g/mol. The molecule has 0 saturated carbocycles. The highest BCUT2D eigenvalue weighted by molar-refractivity contribution is 5.99. The Bertz CT molecular complexity index is 560. The summed E-state index contributed by atoms with van der Waals surface area (Å²) in [5, 5.41) is 3.14. The van der Waals surface area contributed by atoms with Crippen LogP contribution in [0.5, 0.6) is 0 Å². The van der Waals surface area contributed by atoms with Gasteiger partial charge in [0, 0.05) is 24.7 Å². The van der Waals surface area contributed by atoms with Gasteiger partial charge < -0.3 is 10.1 Å². The Morgan fingerprint density at radius 3 is 2.90 bits per heavy atom. The van der Waals surface area contributed by atoms with Crippen molar-refractivity contribution in [1.82, 2.24) is 10.2 Å². The van der Waals surface area contributed by atoms with Gasteiger partial charge in [0.1, 0.15) is 6.10 Å². The molecule has 0 bridgehead atoms. The topological polar surface area (TPSA) is 58.6 Å². The third-order valence-corrected chi connectivity index (χ3v) is 3.72. The number of rotatable bonds is 3. The van der Waals surface area contributed by atoms with Gasteiger partial charge in [0.25, 0.3) is 5.91 Å². The van der Waals surface area contributed by atoms with Crippen molar-refractivity contribution < 1.29 is 14.3 Å². The van der Waals surface area contributed by atoms with E-state index < -0.39 is 6.09 Å². The van der Waals surface area contributed by atoms with Crippen LogP contribution in [0.3, 0.4) is 0 Å². The molecule has 2 fully saturated rings. The van der Waals surface area contributed by atoms with E-state index in [0.29, 0.717) is 13.0 Å². The Hall–Kier alpha value is -2.30. The minimum Gasteiger partial charge on any atom is -0.444 e. The Kier molecular flexibility index (Phi) is 3.90. The molecule has 0 radical (unpaired) electrons. The van der Waals surface area contributed by atoms with Crippen LogP contribution in [-0.4, -0.2) is 36.1 Å². The summed E-state index contributed by atoms with van der Waals surface area (Å²) in [6.07, 6.45) is 3.22. The Labute approximate surface area is 123 Å². The van der Waals surface area contributed by atoms with E-state index in [-0.39, 0.29) is 12.0 Å². The molecular weight excluding hydrogens is 268 g/mol. The highest BCUT2D eigenvalue weighted by atomic mass is 16.6. The van der Waals surface area contributed by atoms with Crippen LogP contribution in [0.1, 0.15) is 18.4 Å². The van der Waals surface area contributed by atoms with Crippen LogP contribution in [0.4, 0.5) is 4.79 Å². The van der Waals surface area contributed by atoms with Gasteiger partial charge in [-0.15, -0.1) is 0 Å². The molecule has 0 unspecified atom stereocenters. The van der Waals surface area contributed by atoms with E-state index in [4.69, 9.17) is 4.74 Å². The first kappa shape index (κ1) is 13.7. The smallest absolute Gasteiger partial charge is 0.417 e. The minimum atomic E-state index is -0.546. The van der Waals surface area contributed by atoms with Gasteiger partial charge in [0.2, 0.25) is 0 Å². The van der Waals surface area contributed by atoms with Gasteiger partial charge in [-0.3, -0.25) is 4.79 Å². The van der Waals surface area contributed by atoms with E-state index in [0.717, 1.165) is 30.6 Å². The molecule has 110 valence electrons. The Morgan fingerprint density at radius 1 is 1.38 bits per heavy atom. The fourth-order valence-corrected chi connectivity index (χ4v) is 2.65. The second kappa shape index (κ2) is 5.99. The van der Waals surface area contributed by atoms with E-state index in [1.807, 2.05) is 30.3 Å². The summed E-state index contributed by atoms with van der Waals surface area (Å²) in [5.41, 5.74) is 2.00. The molecule has 2 aliphatic rings. The molecule has 2 saturated heterocycles. The number of cyclic esters (lactones) is 1. The molecular formula is C16H18N2O3. The maximum Gasteiger partial charge on any atom is 0.417 e. The summed E-state index contributed by atoms with van der Waals surface area (Å²) in [4.78, 5) is 25.1. The van der Waals surface area contributed by atoms with Crippen LogP contribution in [0.2, 0.25) is 0 Å². The number of benzene rings is 1. The lowest BCUT2D eigenvalue weighted by Crippen LogP contribution is -2.31. The largest absolute Gasteiger partial charge is 0.444 e. The molecule has 0 spiro atoms. The third-order valence-electron chi connectivity index (χ3n) is 3.72. The first-order valence-electron chi connectivity index (χ1n) is 7.23.